The molecule has 2 aromatic rings. The fourth-order valence-electron chi connectivity index (χ4n) is 4.48. The number of rotatable bonds is 13. The maximum atomic E-state index is 13.6. The average Bonchev–Trinajstić information content (AvgIpc) is 3.46. The van der Waals surface area contributed by atoms with E-state index in [4.69, 9.17) is 12.5 Å². The highest BCUT2D eigenvalue weighted by Gasteiger charge is 2.38. The molecule has 46 heavy (non-hydrogen) atoms. The molecular weight excluding hydrogens is 624 g/mol. The van der Waals surface area contributed by atoms with Crippen molar-refractivity contribution >= 4 is 49.9 Å². The molecule has 2 aromatic carbocycles. The molecule has 0 saturated carbocycles. The van der Waals surface area contributed by atoms with Gasteiger partial charge in [-0.2, -0.15) is 26.3 Å². The van der Waals surface area contributed by atoms with Crippen molar-refractivity contribution in [2.24, 2.45) is 0 Å². The summed E-state index contributed by atoms with van der Waals surface area (Å²) < 4.78 is 86.6. The Morgan fingerprint density at radius 2 is 1.59 bits per heavy atom. The van der Waals surface area contributed by atoms with Crippen LogP contribution in [0.4, 0.5) is 26.3 Å². The summed E-state index contributed by atoms with van der Waals surface area (Å²) in [5.41, 5.74) is -4.94. The zero-order chi connectivity index (χ0) is 34.2. The number of amides is 4. The van der Waals surface area contributed by atoms with Gasteiger partial charge in [0.1, 0.15) is 13.9 Å². The number of fused-ring (bicyclic) bond motifs is 1. The summed E-state index contributed by atoms with van der Waals surface area (Å²) in [4.78, 5) is 50.9. The van der Waals surface area contributed by atoms with Crippen LogP contribution in [0.5, 0.6) is 0 Å². The SMILES string of the molecule is [B]c1cc(C(=O)N[C@@H](CNC(=O)c2cc3c(c(C(F)(F)F)c2)CO[B]3)C(=O)NCCC(=O)NCCCC)cc(C(F)(F)F)c1CO. The van der Waals surface area contributed by atoms with Crippen molar-refractivity contribution < 1.29 is 55.3 Å². The molecule has 3 rings (SSSR count). The van der Waals surface area contributed by atoms with Crippen molar-refractivity contribution in [3.63, 3.8) is 0 Å². The fraction of sp³-hybridized carbons (Fsp3) is 0.429. The van der Waals surface area contributed by atoms with Gasteiger partial charge in [-0.05, 0) is 35.1 Å². The van der Waals surface area contributed by atoms with Crippen molar-refractivity contribution in [1.29, 1.82) is 0 Å². The number of hydrogen-bond donors (Lipinski definition) is 5. The Morgan fingerprint density at radius 3 is 2.22 bits per heavy atom. The average molecular weight is 653 g/mol. The molecule has 0 aliphatic carbocycles. The second-order valence-electron chi connectivity index (χ2n) is 10.2. The summed E-state index contributed by atoms with van der Waals surface area (Å²) >= 11 is 0. The van der Waals surface area contributed by atoms with Gasteiger partial charge >= 0.3 is 19.8 Å². The van der Waals surface area contributed by atoms with Crippen LogP contribution in [0.25, 0.3) is 0 Å². The van der Waals surface area contributed by atoms with E-state index >= 15 is 0 Å². The summed E-state index contributed by atoms with van der Waals surface area (Å²) in [6.45, 7) is -0.0255. The molecule has 18 heteroatoms. The molecular formula is C28H29B2F6N4O6. The van der Waals surface area contributed by atoms with Crippen molar-refractivity contribution in [3.05, 3.63) is 57.6 Å². The van der Waals surface area contributed by atoms with Crippen LogP contribution in [-0.2, 0) is 39.8 Å². The lowest BCUT2D eigenvalue weighted by Gasteiger charge is -2.21. The topological polar surface area (TPSA) is 146 Å². The van der Waals surface area contributed by atoms with Gasteiger partial charge in [-0.1, -0.05) is 30.9 Å². The highest BCUT2D eigenvalue weighted by atomic mass is 19.4. The summed E-state index contributed by atoms with van der Waals surface area (Å²) in [6, 6.07) is 1.35. The van der Waals surface area contributed by atoms with Crippen molar-refractivity contribution in [2.75, 3.05) is 19.6 Å². The number of unbranched alkanes of at least 4 members (excludes halogenated alkanes) is 1. The van der Waals surface area contributed by atoms with E-state index in [0.29, 0.717) is 18.7 Å². The van der Waals surface area contributed by atoms with Crippen LogP contribution >= 0.6 is 0 Å². The predicted molar refractivity (Wildman–Crippen MR) is 154 cm³/mol. The van der Waals surface area contributed by atoms with E-state index in [-0.39, 0.29) is 36.5 Å². The first kappa shape index (κ1) is 36.4. The number of nitrogens with one attached hydrogen (secondary N) is 4. The Morgan fingerprint density at radius 1 is 0.935 bits per heavy atom. The Balaban J connectivity index is 1.82. The van der Waals surface area contributed by atoms with Gasteiger partial charge in [0.2, 0.25) is 11.8 Å². The summed E-state index contributed by atoms with van der Waals surface area (Å²) in [6.07, 6.45) is -8.42. The maximum absolute atomic E-state index is 13.6. The molecule has 10 nitrogen and oxygen atoms in total. The van der Waals surface area contributed by atoms with Crippen molar-refractivity contribution in [3.8, 4) is 0 Å². The van der Waals surface area contributed by atoms with Gasteiger partial charge in [-0.3, -0.25) is 19.2 Å². The van der Waals surface area contributed by atoms with E-state index in [1.54, 1.807) is 0 Å². The van der Waals surface area contributed by atoms with Crippen molar-refractivity contribution in [1.82, 2.24) is 21.3 Å². The minimum atomic E-state index is -5.00. The number of benzene rings is 2. The van der Waals surface area contributed by atoms with Gasteiger partial charge < -0.3 is 31.0 Å². The first-order valence-corrected chi connectivity index (χ1v) is 14.0. The van der Waals surface area contributed by atoms with Crippen LogP contribution < -0.4 is 32.2 Å². The number of halogens is 6. The van der Waals surface area contributed by atoms with Crippen LogP contribution in [0, 0.1) is 0 Å². The molecule has 245 valence electrons. The minimum Gasteiger partial charge on any atom is -0.430 e. The zero-order valence-corrected chi connectivity index (χ0v) is 24.5. The molecule has 0 aromatic heterocycles. The number of carbonyl (C=O) groups is 4. The van der Waals surface area contributed by atoms with E-state index in [2.05, 4.69) is 21.3 Å². The van der Waals surface area contributed by atoms with Gasteiger partial charge in [-0.25, -0.2) is 0 Å². The molecule has 3 radical (unpaired) electrons. The van der Waals surface area contributed by atoms with E-state index in [0.717, 1.165) is 32.5 Å². The number of aliphatic hydroxyl groups excluding tert-OH is 1. The predicted octanol–water partition coefficient (Wildman–Crippen LogP) is 0.736. The molecule has 0 bridgehead atoms. The number of alkyl halides is 6. The molecule has 1 aliphatic heterocycles. The van der Waals surface area contributed by atoms with E-state index in [1.807, 2.05) is 6.92 Å². The van der Waals surface area contributed by atoms with Crippen LogP contribution in [0.3, 0.4) is 0 Å². The second kappa shape index (κ2) is 15.5. The molecule has 0 unspecified atom stereocenters. The summed E-state index contributed by atoms with van der Waals surface area (Å²) in [5.74, 6) is -3.64. The molecule has 0 fully saturated rings. The van der Waals surface area contributed by atoms with Crippen LogP contribution in [0.2, 0.25) is 0 Å². The van der Waals surface area contributed by atoms with Crippen molar-refractivity contribution in [2.45, 2.75) is 57.8 Å². The van der Waals surface area contributed by atoms with Gasteiger partial charge in [0.25, 0.3) is 11.8 Å². The Hall–Kier alpha value is -4.05. The monoisotopic (exact) mass is 653 g/mol. The Kier molecular flexibility index (Phi) is 12.3. The molecule has 5 N–H and O–H groups in total. The van der Waals surface area contributed by atoms with Gasteiger partial charge in [0, 0.05) is 37.2 Å². The Bertz CT molecular complexity index is 1470. The lowest BCUT2D eigenvalue weighted by molar-refractivity contribution is -0.139. The molecule has 0 spiro atoms. The van der Waals surface area contributed by atoms with E-state index in [9.17, 15) is 50.6 Å². The van der Waals surface area contributed by atoms with Gasteiger partial charge in [0.15, 0.2) is 0 Å². The fourth-order valence-corrected chi connectivity index (χ4v) is 4.48. The zero-order valence-electron chi connectivity index (χ0n) is 24.5. The van der Waals surface area contributed by atoms with E-state index < -0.39 is 82.5 Å². The minimum absolute atomic E-state index is 0.0177. The van der Waals surface area contributed by atoms with Gasteiger partial charge in [-0.15, -0.1) is 0 Å². The van der Waals surface area contributed by atoms with Crippen LogP contribution in [0.15, 0.2) is 24.3 Å². The summed E-state index contributed by atoms with van der Waals surface area (Å²) in [5, 5.41) is 18.8. The normalized spacial score (nSPS) is 13.3. The quantitative estimate of drug-likeness (QED) is 0.123. The summed E-state index contributed by atoms with van der Waals surface area (Å²) in [7, 11) is 6.69. The number of carbonyl (C=O) groups excluding carboxylic acids is 4. The lowest BCUT2D eigenvalue weighted by atomic mass is 9.83. The highest BCUT2D eigenvalue weighted by molar-refractivity contribution is 6.49. The first-order chi connectivity index (χ1) is 21.6. The molecule has 4 amide bonds. The second-order valence-corrected chi connectivity index (χ2v) is 10.2. The third-order valence-electron chi connectivity index (χ3n) is 6.89. The Labute approximate surface area is 261 Å². The number of aliphatic hydroxyl groups is 1. The standard InChI is InChI=1S/C28H29B2F6N4O6/c1-2-3-5-37-23(42)4-6-38-26(45)22(40-25(44)14-7-18(27(31,32)33)16(12-41)20(29)9-14)11-39-24(43)15-8-19(28(34,35)36)17-13-46-30-21(17)10-15/h7-10,22,41H,2-6,11-13H2,1H3,(H,37,42)(H,38,45)(H,39,43)(H,40,44)/t22-/m0/s1. The molecule has 1 heterocycles. The number of hydrogen-bond acceptors (Lipinski definition) is 6. The van der Waals surface area contributed by atoms with Crippen LogP contribution in [-0.4, -0.2) is 69.7 Å². The van der Waals surface area contributed by atoms with Crippen LogP contribution in [0.1, 0.15) is 69.2 Å². The molecule has 1 atom stereocenters. The lowest BCUT2D eigenvalue weighted by Crippen LogP contribution is -2.53. The van der Waals surface area contributed by atoms with Gasteiger partial charge in [0.05, 0.1) is 24.3 Å². The molecule has 1 aliphatic rings. The largest absolute Gasteiger partial charge is 0.430 e. The van der Waals surface area contributed by atoms with E-state index in [1.165, 1.54) is 0 Å². The third kappa shape index (κ3) is 9.48. The maximum Gasteiger partial charge on any atom is 0.416 e. The first-order valence-electron chi connectivity index (χ1n) is 14.0. The molecule has 0 saturated heterocycles. The third-order valence-corrected chi connectivity index (χ3v) is 6.89. The highest BCUT2D eigenvalue weighted by Crippen LogP contribution is 2.34. The smallest absolute Gasteiger partial charge is 0.416 e.